The Bertz CT molecular complexity index is 598. The Balaban J connectivity index is 2.28. The quantitative estimate of drug-likeness (QED) is 0.825. The summed E-state index contributed by atoms with van der Waals surface area (Å²) in [6, 6.07) is 4.52. The van der Waals surface area contributed by atoms with Crippen molar-refractivity contribution in [1.29, 1.82) is 0 Å². The predicted molar refractivity (Wildman–Crippen MR) is 69.5 cm³/mol. The van der Waals surface area contributed by atoms with Crippen LogP contribution >= 0.6 is 0 Å². The molecular weight excluding hydrogens is 268 g/mol. The number of hydrogen-bond acceptors (Lipinski definition) is 4. The van der Waals surface area contributed by atoms with Crippen LogP contribution in [0.4, 0.5) is 0 Å². The van der Waals surface area contributed by atoms with Crippen molar-refractivity contribution >= 4 is 15.9 Å². The van der Waals surface area contributed by atoms with Gasteiger partial charge in [0.1, 0.15) is 10.6 Å². The standard InChI is InChI=1S/C12H16N2O4S/c1-8-3-4-10(18-2)11(5-8)19(16,17)14-9-6-12(15)13-7-9/h3-5,9,14H,6-7H2,1-2H3,(H,13,15)/t9-/m1/s1. The molecule has 1 amide bonds. The van der Waals surface area contributed by atoms with E-state index >= 15 is 0 Å². The molecule has 0 bridgehead atoms. The van der Waals surface area contributed by atoms with Crippen LogP contribution in [0.25, 0.3) is 0 Å². The van der Waals surface area contributed by atoms with Crippen molar-refractivity contribution in [2.45, 2.75) is 24.3 Å². The minimum absolute atomic E-state index is 0.0920. The summed E-state index contributed by atoms with van der Waals surface area (Å²) in [5, 5.41) is 2.59. The van der Waals surface area contributed by atoms with Crippen LogP contribution in [0.2, 0.25) is 0 Å². The Morgan fingerprint density at radius 3 is 2.74 bits per heavy atom. The van der Waals surface area contributed by atoms with Crippen LogP contribution < -0.4 is 14.8 Å². The highest BCUT2D eigenvalue weighted by atomic mass is 32.2. The van der Waals surface area contributed by atoms with Crippen LogP contribution in [-0.2, 0) is 14.8 Å². The number of carbonyl (C=O) groups excluding carboxylic acids is 1. The third-order valence-corrected chi connectivity index (χ3v) is 4.45. The first-order valence-electron chi connectivity index (χ1n) is 5.86. The van der Waals surface area contributed by atoms with Gasteiger partial charge < -0.3 is 10.1 Å². The average Bonchev–Trinajstić information content (AvgIpc) is 2.74. The van der Waals surface area contributed by atoms with Gasteiger partial charge in [0.15, 0.2) is 0 Å². The zero-order valence-electron chi connectivity index (χ0n) is 10.8. The molecule has 1 heterocycles. The lowest BCUT2D eigenvalue weighted by Gasteiger charge is -2.14. The molecule has 19 heavy (non-hydrogen) atoms. The summed E-state index contributed by atoms with van der Waals surface area (Å²) in [7, 11) is -2.28. The highest BCUT2D eigenvalue weighted by molar-refractivity contribution is 7.89. The van der Waals surface area contributed by atoms with Crippen molar-refractivity contribution in [2.24, 2.45) is 0 Å². The third-order valence-electron chi connectivity index (χ3n) is 2.91. The zero-order valence-corrected chi connectivity index (χ0v) is 11.6. The molecule has 1 aromatic carbocycles. The van der Waals surface area contributed by atoms with E-state index in [2.05, 4.69) is 10.0 Å². The summed E-state index contributed by atoms with van der Waals surface area (Å²) in [6.07, 6.45) is 0.160. The van der Waals surface area contributed by atoms with Crippen LogP contribution in [0.1, 0.15) is 12.0 Å². The molecule has 1 aliphatic heterocycles. The van der Waals surface area contributed by atoms with Gasteiger partial charge in [-0.1, -0.05) is 6.07 Å². The van der Waals surface area contributed by atoms with Crippen molar-refractivity contribution in [3.8, 4) is 5.75 Å². The molecule has 0 aromatic heterocycles. The van der Waals surface area contributed by atoms with Crippen molar-refractivity contribution in [2.75, 3.05) is 13.7 Å². The summed E-state index contributed by atoms with van der Waals surface area (Å²) >= 11 is 0. The fraction of sp³-hybridized carbons (Fsp3) is 0.417. The Labute approximate surface area is 112 Å². The maximum atomic E-state index is 12.3. The van der Waals surface area contributed by atoms with Gasteiger partial charge in [-0.3, -0.25) is 4.79 Å². The molecule has 2 rings (SSSR count). The second kappa shape index (κ2) is 5.18. The predicted octanol–water partition coefficient (Wildman–Crippen LogP) is 0.170. The lowest BCUT2D eigenvalue weighted by atomic mass is 10.2. The maximum Gasteiger partial charge on any atom is 0.244 e. The number of benzene rings is 1. The monoisotopic (exact) mass is 284 g/mol. The molecule has 1 saturated heterocycles. The van der Waals surface area contributed by atoms with Gasteiger partial charge in [0.2, 0.25) is 15.9 Å². The molecule has 0 radical (unpaired) electrons. The van der Waals surface area contributed by atoms with Crippen molar-refractivity contribution < 1.29 is 17.9 Å². The summed E-state index contributed by atoms with van der Waals surface area (Å²) in [4.78, 5) is 11.2. The summed E-state index contributed by atoms with van der Waals surface area (Å²) < 4.78 is 32.2. The number of sulfonamides is 1. The number of methoxy groups -OCH3 is 1. The van der Waals surface area contributed by atoms with E-state index in [1.54, 1.807) is 25.1 Å². The molecule has 0 unspecified atom stereocenters. The molecule has 1 fully saturated rings. The van der Waals surface area contributed by atoms with Gasteiger partial charge in [0.25, 0.3) is 0 Å². The number of ether oxygens (including phenoxy) is 1. The fourth-order valence-electron chi connectivity index (χ4n) is 1.97. The number of aryl methyl sites for hydroxylation is 1. The van der Waals surface area contributed by atoms with E-state index in [1.165, 1.54) is 7.11 Å². The molecule has 1 aromatic rings. The topological polar surface area (TPSA) is 84.5 Å². The van der Waals surface area contributed by atoms with E-state index in [-0.39, 0.29) is 23.0 Å². The molecule has 7 heteroatoms. The largest absolute Gasteiger partial charge is 0.495 e. The van der Waals surface area contributed by atoms with E-state index in [0.717, 1.165) is 5.56 Å². The smallest absolute Gasteiger partial charge is 0.244 e. The van der Waals surface area contributed by atoms with Gasteiger partial charge in [0.05, 0.1) is 7.11 Å². The minimum Gasteiger partial charge on any atom is -0.495 e. The Morgan fingerprint density at radius 2 is 2.16 bits per heavy atom. The number of rotatable bonds is 4. The highest BCUT2D eigenvalue weighted by Crippen LogP contribution is 2.25. The van der Waals surface area contributed by atoms with Crippen LogP contribution in [0.15, 0.2) is 23.1 Å². The summed E-state index contributed by atoms with van der Waals surface area (Å²) in [5.74, 6) is 0.138. The van der Waals surface area contributed by atoms with Gasteiger partial charge >= 0.3 is 0 Å². The van der Waals surface area contributed by atoms with Crippen molar-refractivity contribution in [1.82, 2.24) is 10.0 Å². The second-order valence-electron chi connectivity index (χ2n) is 4.48. The summed E-state index contributed by atoms with van der Waals surface area (Å²) in [6.45, 7) is 2.12. The molecule has 0 saturated carbocycles. The van der Waals surface area contributed by atoms with E-state index in [9.17, 15) is 13.2 Å². The van der Waals surface area contributed by atoms with E-state index < -0.39 is 16.1 Å². The van der Waals surface area contributed by atoms with Gasteiger partial charge in [0, 0.05) is 19.0 Å². The van der Waals surface area contributed by atoms with E-state index in [1.807, 2.05) is 0 Å². The van der Waals surface area contributed by atoms with Gasteiger partial charge in [-0.25, -0.2) is 13.1 Å². The molecular formula is C12H16N2O4S. The van der Waals surface area contributed by atoms with Crippen LogP contribution in [0, 0.1) is 6.92 Å². The minimum atomic E-state index is -3.70. The number of amides is 1. The first-order chi connectivity index (χ1) is 8.92. The normalized spacial score (nSPS) is 19.3. The lowest BCUT2D eigenvalue weighted by molar-refractivity contribution is -0.119. The number of nitrogens with one attached hydrogen (secondary N) is 2. The Morgan fingerprint density at radius 1 is 1.42 bits per heavy atom. The molecule has 2 N–H and O–H groups in total. The SMILES string of the molecule is COc1ccc(C)cc1S(=O)(=O)N[C@H]1CNC(=O)C1. The third kappa shape index (κ3) is 3.05. The van der Waals surface area contributed by atoms with Crippen LogP contribution in [0.3, 0.4) is 0 Å². The molecule has 104 valence electrons. The van der Waals surface area contributed by atoms with Gasteiger partial charge in [-0.15, -0.1) is 0 Å². The molecule has 0 aliphatic carbocycles. The fourth-order valence-corrected chi connectivity index (χ4v) is 3.46. The average molecular weight is 284 g/mol. The number of carbonyl (C=O) groups is 1. The number of hydrogen-bond donors (Lipinski definition) is 2. The van der Waals surface area contributed by atoms with Crippen molar-refractivity contribution in [3.05, 3.63) is 23.8 Å². The van der Waals surface area contributed by atoms with E-state index in [4.69, 9.17) is 4.74 Å². The molecule has 6 nitrogen and oxygen atoms in total. The Kier molecular flexibility index (Phi) is 3.77. The second-order valence-corrected chi connectivity index (χ2v) is 6.16. The Hall–Kier alpha value is -1.60. The molecule has 1 aliphatic rings. The maximum absolute atomic E-state index is 12.3. The van der Waals surface area contributed by atoms with Gasteiger partial charge in [-0.2, -0.15) is 0 Å². The van der Waals surface area contributed by atoms with E-state index in [0.29, 0.717) is 6.54 Å². The zero-order chi connectivity index (χ0) is 14.0. The van der Waals surface area contributed by atoms with Gasteiger partial charge in [-0.05, 0) is 24.6 Å². The molecule has 1 atom stereocenters. The summed E-state index contributed by atoms with van der Waals surface area (Å²) in [5.41, 5.74) is 0.821. The highest BCUT2D eigenvalue weighted by Gasteiger charge is 2.28. The first-order valence-corrected chi connectivity index (χ1v) is 7.34. The van der Waals surface area contributed by atoms with Crippen molar-refractivity contribution in [3.63, 3.8) is 0 Å². The molecule has 0 spiro atoms. The van der Waals surface area contributed by atoms with Crippen LogP contribution in [0.5, 0.6) is 5.75 Å². The first kappa shape index (κ1) is 13.8. The lowest BCUT2D eigenvalue weighted by Crippen LogP contribution is -2.36. The van der Waals surface area contributed by atoms with Crippen LogP contribution in [-0.4, -0.2) is 34.0 Å².